The molecule has 9 aromatic carbocycles. The first kappa shape index (κ1) is 32.5. The third-order valence-electron chi connectivity index (χ3n) is 13.1. The average molecular weight is 753 g/mol. The third kappa shape index (κ3) is 4.38. The van der Waals surface area contributed by atoms with Crippen molar-refractivity contribution >= 4 is 70.9 Å². The molecule has 0 fully saturated rings. The van der Waals surface area contributed by atoms with Gasteiger partial charge in [0.15, 0.2) is 0 Å². The fourth-order valence-corrected chi connectivity index (χ4v) is 10.4. The lowest BCUT2D eigenvalue weighted by molar-refractivity contribution is 0.660. The standard InChI is InChI=1S/C55H36N4/c1-55(2)44-22-10-7-15-35(44)36-29-27-33(31-45(36)55)51-39-17-3-5-19-41(39)52(42-20-6-4-18-40(42)51)34-28-30-38-37-16-9-13-25-48(37)58(50(38)32-34)54-57-46-23-11-8-21-43(46)53-56-47-24-12-14-26-49(47)59(53)54/h3-32H,1-2H3. The predicted octanol–water partition coefficient (Wildman–Crippen LogP) is 14.1. The van der Waals surface area contributed by atoms with Crippen molar-refractivity contribution in [2.45, 2.75) is 19.3 Å². The summed E-state index contributed by atoms with van der Waals surface area (Å²) in [5, 5.41) is 8.37. The van der Waals surface area contributed by atoms with Crippen LogP contribution in [0.3, 0.4) is 0 Å². The smallest absolute Gasteiger partial charge is 0.221 e. The van der Waals surface area contributed by atoms with Crippen LogP contribution in [0.5, 0.6) is 0 Å². The van der Waals surface area contributed by atoms with E-state index in [-0.39, 0.29) is 5.41 Å². The maximum absolute atomic E-state index is 5.45. The lowest BCUT2D eigenvalue weighted by atomic mass is 9.80. The van der Waals surface area contributed by atoms with Crippen LogP contribution in [0.15, 0.2) is 182 Å². The molecule has 1 aliphatic rings. The van der Waals surface area contributed by atoms with E-state index in [9.17, 15) is 0 Å². The summed E-state index contributed by atoms with van der Waals surface area (Å²) in [6.45, 7) is 4.73. The lowest BCUT2D eigenvalue weighted by Gasteiger charge is -2.23. The van der Waals surface area contributed by atoms with Crippen LogP contribution < -0.4 is 0 Å². The Bertz CT molecular complexity index is 3710. The monoisotopic (exact) mass is 752 g/mol. The van der Waals surface area contributed by atoms with E-state index in [0.717, 1.165) is 44.6 Å². The Labute approximate surface area is 340 Å². The Kier molecular flexibility index (Phi) is 6.48. The van der Waals surface area contributed by atoms with Crippen LogP contribution >= 0.6 is 0 Å². The SMILES string of the molecule is CC1(C)c2ccccc2-c2ccc(-c3c4ccccc4c(-c4ccc5c6ccccc6n(-c6nc7ccccc7c7nc8ccccc8n67)c5c4)c4ccccc34)cc21. The normalized spacial score (nSPS) is 13.4. The van der Waals surface area contributed by atoms with Gasteiger partial charge in [-0.15, -0.1) is 0 Å². The van der Waals surface area contributed by atoms with Crippen molar-refractivity contribution in [3.05, 3.63) is 193 Å². The van der Waals surface area contributed by atoms with E-state index in [1.54, 1.807) is 0 Å². The Morgan fingerprint density at radius 1 is 0.390 bits per heavy atom. The Morgan fingerprint density at radius 2 is 0.915 bits per heavy atom. The molecule has 0 N–H and O–H groups in total. The summed E-state index contributed by atoms with van der Waals surface area (Å²) in [6, 6.07) is 66.5. The van der Waals surface area contributed by atoms with Crippen LogP contribution in [-0.2, 0) is 5.41 Å². The first-order valence-corrected chi connectivity index (χ1v) is 20.4. The Hall–Kier alpha value is -7.56. The van der Waals surface area contributed by atoms with Crippen molar-refractivity contribution in [2.24, 2.45) is 0 Å². The van der Waals surface area contributed by atoms with Gasteiger partial charge in [0.25, 0.3) is 0 Å². The molecule has 0 aliphatic heterocycles. The number of imidazole rings is 1. The van der Waals surface area contributed by atoms with Gasteiger partial charge in [-0.3, -0.25) is 8.97 Å². The van der Waals surface area contributed by atoms with Gasteiger partial charge in [0.2, 0.25) is 5.95 Å². The second-order valence-corrected chi connectivity index (χ2v) is 16.5. The molecule has 3 heterocycles. The van der Waals surface area contributed by atoms with E-state index in [1.165, 1.54) is 76.8 Å². The number of rotatable bonds is 3. The molecule has 0 bridgehead atoms. The fourth-order valence-electron chi connectivity index (χ4n) is 10.4. The summed E-state index contributed by atoms with van der Waals surface area (Å²) in [4.78, 5) is 10.6. The molecule has 0 amide bonds. The summed E-state index contributed by atoms with van der Waals surface area (Å²) < 4.78 is 4.59. The zero-order valence-electron chi connectivity index (χ0n) is 32.6. The van der Waals surface area contributed by atoms with Crippen LogP contribution in [0.2, 0.25) is 0 Å². The highest BCUT2D eigenvalue weighted by atomic mass is 15.2. The van der Waals surface area contributed by atoms with Gasteiger partial charge in [-0.2, -0.15) is 0 Å². The molecule has 0 saturated heterocycles. The van der Waals surface area contributed by atoms with Gasteiger partial charge < -0.3 is 0 Å². The molecule has 4 nitrogen and oxygen atoms in total. The van der Waals surface area contributed by atoms with Crippen LogP contribution in [0, 0.1) is 0 Å². The van der Waals surface area contributed by atoms with Crippen LogP contribution in [0.1, 0.15) is 25.0 Å². The second-order valence-electron chi connectivity index (χ2n) is 16.5. The van der Waals surface area contributed by atoms with Crippen molar-refractivity contribution in [1.82, 2.24) is 18.9 Å². The van der Waals surface area contributed by atoms with Gasteiger partial charge in [0.1, 0.15) is 5.65 Å². The number of para-hydroxylation sites is 4. The number of hydrogen-bond donors (Lipinski definition) is 0. The first-order valence-electron chi connectivity index (χ1n) is 20.4. The highest BCUT2D eigenvalue weighted by Crippen LogP contribution is 2.51. The molecular formula is C55H36N4. The first-order chi connectivity index (χ1) is 29.0. The number of fused-ring (bicyclic) bond motifs is 13. The summed E-state index contributed by atoms with van der Waals surface area (Å²) in [5.41, 5.74) is 16.3. The summed E-state index contributed by atoms with van der Waals surface area (Å²) in [7, 11) is 0. The molecular weight excluding hydrogens is 717 g/mol. The van der Waals surface area contributed by atoms with E-state index < -0.39 is 0 Å². The quantitative estimate of drug-likeness (QED) is 0.168. The predicted molar refractivity (Wildman–Crippen MR) is 246 cm³/mol. The number of benzene rings is 9. The van der Waals surface area contributed by atoms with Crippen LogP contribution in [0.4, 0.5) is 0 Å². The van der Waals surface area contributed by atoms with Crippen molar-refractivity contribution in [1.29, 1.82) is 0 Å². The van der Waals surface area contributed by atoms with E-state index in [1.807, 2.05) is 0 Å². The minimum absolute atomic E-state index is 0.0875. The van der Waals surface area contributed by atoms with E-state index in [0.29, 0.717) is 0 Å². The van der Waals surface area contributed by atoms with Gasteiger partial charge in [0.05, 0.1) is 27.6 Å². The molecule has 0 spiro atoms. The van der Waals surface area contributed by atoms with Crippen molar-refractivity contribution < 1.29 is 0 Å². The molecule has 4 heteroatoms. The average Bonchev–Trinajstić information content (AvgIpc) is 3.91. The highest BCUT2D eigenvalue weighted by molar-refractivity contribution is 6.22. The molecule has 0 radical (unpaired) electrons. The number of hydrogen-bond acceptors (Lipinski definition) is 2. The lowest BCUT2D eigenvalue weighted by Crippen LogP contribution is -2.14. The number of nitrogens with zero attached hydrogens (tertiary/aromatic N) is 4. The zero-order valence-corrected chi connectivity index (χ0v) is 32.6. The molecule has 276 valence electrons. The summed E-state index contributed by atoms with van der Waals surface area (Å²) >= 11 is 0. The minimum atomic E-state index is -0.0875. The maximum atomic E-state index is 5.45. The molecule has 0 atom stereocenters. The van der Waals surface area contributed by atoms with Gasteiger partial charge >= 0.3 is 0 Å². The molecule has 0 unspecified atom stereocenters. The molecule has 3 aromatic heterocycles. The molecule has 12 aromatic rings. The van der Waals surface area contributed by atoms with E-state index >= 15 is 0 Å². The molecule has 1 aliphatic carbocycles. The minimum Gasteiger partial charge on any atom is -0.279 e. The van der Waals surface area contributed by atoms with Crippen molar-refractivity contribution in [3.63, 3.8) is 0 Å². The van der Waals surface area contributed by atoms with Gasteiger partial charge in [-0.25, -0.2) is 9.97 Å². The van der Waals surface area contributed by atoms with Crippen molar-refractivity contribution in [2.75, 3.05) is 0 Å². The number of aromatic nitrogens is 4. The third-order valence-corrected chi connectivity index (χ3v) is 13.1. The largest absolute Gasteiger partial charge is 0.279 e. The van der Waals surface area contributed by atoms with E-state index in [4.69, 9.17) is 9.97 Å². The second kappa shape index (κ2) is 11.7. The highest BCUT2D eigenvalue weighted by Gasteiger charge is 2.35. The fraction of sp³-hybridized carbons (Fsp3) is 0.0545. The van der Waals surface area contributed by atoms with E-state index in [2.05, 4.69) is 205 Å². The van der Waals surface area contributed by atoms with Gasteiger partial charge in [-0.1, -0.05) is 153 Å². The van der Waals surface area contributed by atoms with Crippen LogP contribution in [-0.4, -0.2) is 18.9 Å². The summed E-state index contributed by atoms with van der Waals surface area (Å²) in [6.07, 6.45) is 0. The zero-order chi connectivity index (χ0) is 39.0. The van der Waals surface area contributed by atoms with Gasteiger partial charge in [0, 0.05) is 21.6 Å². The Morgan fingerprint density at radius 3 is 1.64 bits per heavy atom. The van der Waals surface area contributed by atoms with Gasteiger partial charge in [-0.05, 0) is 109 Å². The maximum Gasteiger partial charge on any atom is 0.221 e. The molecule has 13 rings (SSSR count). The topological polar surface area (TPSA) is 35.1 Å². The van der Waals surface area contributed by atoms with Crippen LogP contribution in [0.25, 0.3) is 110 Å². The molecule has 59 heavy (non-hydrogen) atoms. The summed E-state index contributed by atoms with van der Waals surface area (Å²) in [5.74, 6) is 0.822. The molecule has 0 saturated carbocycles. The van der Waals surface area contributed by atoms with Crippen molar-refractivity contribution in [3.8, 4) is 39.3 Å². The Balaban J connectivity index is 1.10.